The number of pyridine rings is 1. The Morgan fingerprint density at radius 1 is 1.14 bits per heavy atom. The SMILES string of the molecule is Cl.FC(F)(F)Oc1ccc(-c2cc(Cl)c(CCl)cn2)cc1. The van der Waals surface area contributed by atoms with E-state index in [1.165, 1.54) is 30.5 Å². The molecule has 0 bridgehead atoms. The standard InChI is InChI=1S/C13H8Cl2F3NO.ClH/c14-6-9-7-19-12(5-11(9)15)8-1-3-10(4-2-8)20-13(16,17)18;/h1-5,7H,6H2;1H. The Balaban J connectivity index is 0.00000220. The number of hydrogen-bond donors (Lipinski definition) is 0. The zero-order valence-corrected chi connectivity index (χ0v) is 12.7. The Labute approximate surface area is 135 Å². The number of rotatable bonds is 3. The van der Waals surface area contributed by atoms with E-state index in [-0.39, 0.29) is 24.0 Å². The molecule has 114 valence electrons. The van der Waals surface area contributed by atoms with Crippen molar-refractivity contribution in [1.29, 1.82) is 0 Å². The molecule has 1 aromatic heterocycles. The largest absolute Gasteiger partial charge is 0.573 e. The first-order valence-electron chi connectivity index (χ1n) is 5.45. The molecule has 0 N–H and O–H groups in total. The lowest BCUT2D eigenvalue weighted by atomic mass is 10.1. The van der Waals surface area contributed by atoms with Gasteiger partial charge in [0.05, 0.1) is 11.6 Å². The maximum absolute atomic E-state index is 12.0. The van der Waals surface area contributed by atoms with Crippen LogP contribution in [0.25, 0.3) is 11.3 Å². The minimum Gasteiger partial charge on any atom is -0.406 e. The van der Waals surface area contributed by atoms with Crippen LogP contribution >= 0.6 is 35.6 Å². The first-order valence-corrected chi connectivity index (χ1v) is 6.37. The lowest BCUT2D eigenvalue weighted by Gasteiger charge is -2.09. The fourth-order valence-electron chi connectivity index (χ4n) is 1.54. The number of halogens is 6. The van der Waals surface area contributed by atoms with Crippen LogP contribution in [-0.4, -0.2) is 11.3 Å². The molecule has 2 rings (SSSR count). The predicted octanol–water partition coefficient (Wildman–Crippen LogP) is 5.46. The van der Waals surface area contributed by atoms with E-state index in [1.54, 1.807) is 6.07 Å². The lowest BCUT2D eigenvalue weighted by Crippen LogP contribution is -2.16. The summed E-state index contributed by atoms with van der Waals surface area (Å²) >= 11 is 11.7. The molecule has 0 saturated carbocycles. The molecule has 21 heavy (non-hydrogen) atoms. The van der Waals surface area contributed by atoms with Gasteiger partial charge in [-0.25, -0.2) is 0 Å². The van der Waals surface area contributed by atoms with Crippen LogP contribution in [0.4, 0.5) is 13.2 Å². The summed E-state index contributed by atoms with van der Waals surface area (Å²) in [5.41, 5.74) is 1.86. The van der Waals surface area contributed by atoms with Crippen molar-refractivity contribution in [2.45, 2.75) is 12.2 Å². The van der Waals surface area contributed by atoms with Crippen molar-refractivity contribution in [1.82, 2.24) is 4.98 Å². The molecule has 8 heteroatoms. The molecule has 2 nitrogen and oxygen atoms in total. The van der Waals surface area contributed by atoms with E-state index in [4.69, 9.17) is 23.2 Å². The van der Waals surface area contributed by atoms with Crippen molar-refractivity contribution in [2.24, 2.45) is 0 Å². The first kappa shape index (κ1) is 17.9. The van der Waals surface area contributed by atoms with Crippen molar-refractivity contribution in [3.63, 3.8) is 0 Å². The van der Waals surface area contributed by atoms with Crippen LogP contribution < -0.4 is 4.74 Å². The van der Waals surface area contributed by atoms with Crippen LogP contribution in [0.2, 0.25) is 5.02 Å². The van der Waals surface area contributed by atoms with Gasteiger partial charge in [0.25, 0.3) is 0 Å². The molecule has 0 saturated heterocycles. The zero-order valence-electron chi connectivity index (χ0n) is 10.3. The van der Waals surface area contributed by atoms with Gasteiger partial charge in [0.2, 0.25) is 0 Å². The molecule has 2 aromatic rings. The lowest BCUT2D eigenvalue weighted by molar-refractivity contribution is -0.274. The van der Waals surface area contributed by atoms with Gasteiger partial charge in [-0.2, -0.15) is 0 Å². The van der Waals surface area contributed by atoms with E-state index in [2.05, 4.69) is 9.72 Å². The van der Waals surface area contributed by atoms with Crippen molar-refractivity contribution < 1.29 is 17.9 Å². The van der Waals surface area contributed by atoms with E-state index in [1.807, 2.05) is 0 Å². The van der Waals surface area contributed by atoms with Crippen molar-refractivity contribution >= 4 is 35.6 Å². The second-order valence-corrected chi connectivity index (χ2v) is 4.54. The Kier molecular flexibility index (Phi) is 6.13. The highest BCUT2D eigenvalue weighted by Gasteiger charge is 2.30. The fraction of sp³-hybridized carbons (Fsp3) is 0.154. The van der Waals surface area contributed by atoms with E-state index >= 15 is 0 Å². The molecule has 0 amide bonds. The minimum atomic E-state index is -4.70. The number of hydrogen-bond acceptors (Lipinski definition) is 2. The zero-order chi connectivity index (χ0) is 14.8. The first-order chi connectivity index (χ1) is 9.39. The van der Waals surface area contributed by atoms with Gasteiger partial charge in [-0.3, -0.25) is 4.98 Å². The summed E-state index contributed by atoms with van der Waals surface area (Å²) in [6, 6.07) is 6.99. The molecule has 0 radical (unpaired) electrons. The summed E-state index contributed by atoms with van der Waals surface area (Å²) in [6.45, 7) is 0. The van der Waals surface area contributed by atoms with Gasteiger partial charge in [-0.1, -0.05) is 11.6 Å². The molecule has 1 heterocycles. The van der Waals surface area contributed by atoms with Gasteiger partial charge >= 0.3 is 6.36 Å². The van der Waals surface area contributed by atoms with Gasteiger partial charge in [0.15, 0.2) is 0 Å². The predicted molar refractivity (Wildman–Crippen MR) is 78.2 cm³/mol. The topological polar surface area (TPSA) is 22.1 Å². The summed E-state index contributed by atoms with van der Waals surface area (Å²) in [4.78, 5) is 4.15. The van der Waals surface area contributed by atoms with Gasteiger partial charge in [0.1, 0.15) is 5.75 Å². The third-order valence-corrected chi connectivity index (χ3v) is 3.10. The summed E-state index contributed by atoms with van der Waals surface area (Å²) in [6.07, 6.45) is -3.17. The van der Waals surface area contributed by atoms with Crippen LogP contribution in [-0.2, 0) is 5.88 Å². The highest BCUT2D eigenvalue weighted by Crippen LogP contribution is 2.28. The molecule has 0 spiro atoms. The summed E-state index contributed by atoms with van der Waals surface area (Å²) < 4.78 is 39.9. The average Bonchev–Trinajstić information content (AvgIpc) is 2.37. The maximum atomic E-state index is 12.0. The molecule has 0 atom stereocenters. The summed E-state index contributed by atoms with van der Waals surface area (Å²) in [5.74, 6) is -0.0467. The molecular formula is C13H9Cl3F3NO. The number of alkyl halides is 4. The number of benzene rings is 1. The third kappa shape index (κ3) is 4.95. The van der Waals surface area contributed by atoms with Gasteiger partial charge in [-0.05, 0) is 30.3 Å². The van der Waals surface area contributed by atoms with Crippen LogP contribution in [0.1, 0.15) is 5.56 Å². The van der Waals surface area contributed by atoms with E-state index in [0.717, 1.165) is 0 Å². The van der Waals surface area contributed by atoms with Gasteiger partial charge in [0, 0.05) is 22.3 Å². The molecule has 0 aliphatic rings. The number of nitrogens with zero attached hydrogens (tertiary/aromatic N) is 1. The quantitative estimate of drug-likeness (QED) is 0.680. The number of aromatic nitrogens is 1. The molecule has 0 aliphatic carbocycles. The van der Waals surface area contributed by atoms with E-state index < -0.39 is 6.36 Å². The monoisotopic (exact) mass is 357 g/mol. The maximum Gasteiger partial charge on any atom is 0.573 e. The fourth-order valence-corrected chi connectivity index (χ4v) is 2.04. The Hall–Kier alpha value is -1.17. The summed E-state index contributed by atoms with van der Waals surface area (Å²) in [7, 11) is 0. The smallest absolute Gasteiger partial charge is 0.406 e. The Morgan fingerprint density at radius 3 is 2.24 bits per heavy atom. The molecular weight excluding hydrogens is 350 g/mol. The highest BCUT2D eigenvalue weighted by atomic mass is 35.5. The van der Waals surface area contributed by atoms with Gasteiger partial charge < -0.3 is 4.74 Å². The van der Waals surface area contributed by atoms with Crippen molar-refractivity contribution in [2.75, 3.05) is 0 Å². The summed E-state index contributed by atoms with van der Waals surface area (Å²) in [5, 5.41) is 0.459. The second-order valence-electron chi connectivity index (χ2n) is 3.87. The molecule has 0 unspecified atom stereocenters. The third-order valence-electron chi connectivity index (χ3n) is 2.46. The number of ether oxygens (including phenoxy) is 1. The van der Waals surface area contributed by atoms with E-state index in [0.29, 0.717) is 21.8 Å². The van der Waals surface area contributed by atoms with Gasteiger partial charge in [-0.15, -0.1) is 37.2 Å². The van der Waals surface area contributed by atoms with Crippen molar-refractivity contribution in [3.8, 4) is 17.0 Å². The van der Waals surface area contributed by atoms with Crippen LogP contribution in [0.5, 0.6) is 5.75 Å². The Bertz CT molecular complexity index is 603. The average molecular weight is 359 g/mol. The van der Waals surface area contributed by atoms with Crippen LogP contribution in [0, 0.1) is 0 Å². The second kappa shape index (κ2) is 7.20. The van der Waals surface area contributed by atoms with Crippen LogP contribution in [0.15, 0.2) is 36.5 Å². The minimum absolute atomic E-state index is 0. The molecule has 0 aliphatic heterocycles. The molecule has 1 aromatic carbocycles. The van der Waals surface area contributed by atoms with Crippen molar-refractivity contribution in [3.05, 3.63) is 47.1 Å². The highest BCUT2D eigenvalue weighted by molar-refractivity contribution is 6.32. The normalized spacial score (nSPS) is 10.9. The van der Waals surface area contributed by atoms with Crippen LogP contribution in [0.3, 0.4) is 0 Å². The Morgan fingerprint density at radius 2 is 1.76 bits per heavy atom. The van der Waals surface area contributed by atoms with E-state index in [9.17, 15) is 13.2 Å². The molecule has 0 fully saturated rings.